The van der Waals surface area contributed by atoms with Crippen molar-refractivity contribution in [3.63, 3.8) is 0 Å². The number of aryl methyl sites for hydroxylation is 1. The molecule has 0 unspecified atom stereocenters. The fourth-order valence-electron chi connectivity index (χ4n) is 1.83. The zero-order valence-corrected chi connectivity index (χ0v) is 12.0. The smallest absolute Gasteiger partial charge is 0.159 e. The second-order valence-corrected chi connectivity index (χ2v) is 4.71. The molecule has 0 saturated heterocycles. The van der Waals surface area contributed by atoms with E-state index in [1.165, 1.54) is 0 Å². The predicted molar refractivity (Wildman–Crippen MR) is 76.6 cm³/mol. The van der Waals surface area contributed by atoms with Crippen LogP contribution in [0.2, 0.25) is 0 Å². The van der Waals surface area contributed by atoms with Crippen LogP contribution < -0.4 is 4.74 Å². The number of hydrogen-bond acceptors (Lipinski definition) is 3. The molecule has 0 bridgehead atoms. The Bertz CT molecular complexity index is 592. The Labute approximate surface area is 118 Å². The van der Waals surface area contributed by atoms with Crippen LogP contribution in [0.1, 0.15) is 38.9 Å². The summed E-state index contributed by atoms with van der Waals surface area (Å²) in [5, 5.41) is 4.40. The first kappa shape index (κ1) is 14.5. The third kappa shape index (κ3) is 3.56. The van der Waals surface area contributed by atoms with Crippen LogP contribution in [0.4, 0.5) is 4.39 Å². The molecule has 5 heteroatoms. The molecule has 4 nitrogen and oxygen atoms in total. The van der Waals surface area contributed by atoms with E-state index < -0.39 is 0 Å². The minimum absolute atomic E-state index is 0.264. The number of nitrogens with zero attached hydrogens (tertiary/aromatic N) is 3. The van der Waals surface area contributed by atoms with Crippen molar-refractivity contribution in [2.75, 3.05) is 6.61 Å². The Morgan fingerprint density at radius 1 is 1.45 bits per heavy atom. The lowest BCUT2D eigenvalue weighted by Crippen LogP contribution is -2.00. The zero-order chi connectivity index (χ0) is 14.4. The van der Waals surface area contributed by atoms with E-state index in [4.69, 9.17) is 4.74 Å². The van der Waals surface area contributed by atoms with Gasteiger partial charge >= 0.3 is 0 Å². The van der Waals surface area contributed by atoms with Gasteiger partial charge in [-0.2, -0.15) is 5.10 Å². The highest BCUT2D eigenvalue weighted by molar-refractivity contribution is 5.43. The van der Waals surface area contributed by atoms with Crippen molar-refractivity contribution in [2.24, 2.45) is 0 Å². The van der Waals surface area contributed by atoms with Gasteiger partial charge in [0.05, 0.1) is 6.33 Å². The van der Waals surface area contributed by atoms with Crippen LogP contribution in [-0.4, -0.2) is 21.2 Å². The maximum absolute atomic E-state index is 12.5. The fourth-order valence-corrected chi connectivity index (χ4v) is 1.83. The monoisotopic (exact) mass is 277 g/mol. The molecule has 0 fully saturated rings. The molecule has 0 radical (unpaired) electrons. The zero-order valence-electron chi connectivity index (χ0n) is 12.0. The van der Waals surface area contributed by atoms with Crippen LogP contribution in [0.5, 0.6) is 5.75 Å². The first-order chi connectivity index (χ1) is 9.76. The van der Waals surface area contributed by atoms with Gasteiger partial charge in [-0.25, -0.2) is 13.9 Å². The summed E-state index contributed by atoms with van der Waals surface area (Å²) in [6.45, 7) is 4.31. The van der Waals surface area contributed by atoms with Crippen LogP contribution in [0, 0.1) is 0 Å². The molecular weight excluding hydrogens is 257 g/mol. The van der Waals surface area contributed by atoms with E-state index in [9.17, 15) is 4.39 Å². The molecule has 0 amide bonds. The highest BCUT2D eigenvalue weighted by atomic mass is 19.1. The second-order valence-electron chi connectivity index (χ2n) is 4.71. The van der Waals surface area contributed by atoms with E-state index in [0.29, 0.717) is 24.1 Å². The van der Waals surface area contributed by atoms with E-state index >= 15 is 0 Å². The predicted octanol–water partition coefficient (Wildman–Crippen LogP) is 3.71. The van der Waals surface area contributed by atoms with Gasteiger partial charge in [0, 0.05) is 18.7 Å². The number of aromatic nitrogens is 3. The Hall–Kier alpha value is -1.91. The van der Waals surface area contributed by atoms with Crippen molar-refractivity contribution in [1.29, 1.82) is 0 Å². The fraction of sp³-hybridized carbons (Fsp3) is 0.467. The lowest BCUT2D eigenvalue weighted by Gasteiger charge is -2.06. The molecule has 108 valence electrons. The molecule has 0 saturated carbocycles. The van der Waals surface area contributed by atoms with Crippen molar-refractivity contribution in [1.82, 2.24) is 14.6 Å². The van der Waals surface area contributed by atoms with E-state index in [0.717, 1.165) is 30.7 Å². The second kappa shape index (κ2) is 7.03. The average molecular weight is 277 g/mol. The Kier molecular flexibility index (Phi) is 5.09. The number of halogens is 1. The normalized spacial score (nSPS) is 12.1. The summed E-state index contributed by atoms with van der Waals surface area (Å²) in [6.07, 6.45) is 6.17. The molecule has 0 aliphatic heterocycles. The van der Waals surface area contributed by atoms with Crippen molar-refractivity contribution < 1.29 is 9.13 Å². The first-order valence-electron chi connectivity index (χ1n) is 7.03. The number of ether oxygens (including phenoxy) is 1. The molecular formula is C15H20FN3O. The van der Waals surface area contributed by atoms with Crippen molar-refractivity contribution in [3.8, 4) is 5.75 Å². The van der Waals surface area contributed by atoms with Crippen molar-refractivity contribution in [2.45, 2.75) is 39.5 Å². The van der Waals surface area contributed by atoms with E-state index in [-0.39, 0.29) is 6.61 Å². The number of hydrogen-bond donors (Lipinski definition) is 0. The number of unbranched alkanes of at least 4 members (excludes halogenated alkanes) is 1. The summed E-state index contributed by atoms with van der Waals surface area (Å²) in [4.78, 5) is 4.46. The SMILES string of the molecule is CCCCc1nc2cc(OC/C(=C/F)CC)ccn2n1. The van der Waals surface area contributed by atoms with Gasteiger partial charge in [-0.1, -0.05) is 20.3 Å². The lowest BCUT2D eigenvalue weighted by atomic mass is 10.2. The quantitative estimate of drug-likeness (QED) is 0.774. The third-order valence-corrected chi connectivity index (χ3v) is 3.14. The minimum atomic E-state index is 0.264. The van der Waals surface area contributed by atoms with Crippen LogP contribution in [-0.2, 0) is 6.42 Å². The van der Waals surface area contributed by atoms with Gasteiger partial charge in [0.25, 0.3) is 0 Å². The summed E-state index contributed by atoms with van der Waals surface area (Å²) in [5.74, 6) is 1.53. The molecule has 0 spiro atoms. The largest absolute Gasteiger partial charge is 0.489 e. The molecule has 0 aliphatic rings. The summed E-state index contributed by atoms with van der Waals surface area (Å²) in [6, 6.07) is 3.64. The Balaban J connectivity index is 2.08. The van der Waals surface area contributed by atoms with Gasteiger partial charge in [-0.15, -0.1) is 0 Å². The van der Waals surface area contributed by atoms with Crippen LogP contribution in [0.15, 0.2) is 30.2 Å². The van der Waals surface area contributed by atoms with Crippen LogP contribution in [0.3, 0.4) is 0 Å². The first-order valence-corrected chi connectivity index (χ1v) is 7.03. The van der Waals surface area contributed by atoms with E-state index in [1.807, 2.05) is 25.3 Å². The van der Waals surface area contributed by atoms with E-state index in [1.54, 1.807) is 4.52 Å². The molecule has 20 heavy (non-hydrogen) atoms. The topological polar surface area (TPSA) is 39.4 Å². The van der Waals surface area contributed by atoms with Crippen molar-refractivity contribution in [3.05, 3.63) is 36.1 Å². The highest BCUT2D eigenvalue weighted by Gasteiger charge is 2.05. The van der Waals surface area contributed by atoms with Gasteiger partial charge in [0.1, 0.15) is 12.4 Å². The molecule has 0 aromatic carbocycles. The summed E-state index contributed by atoms with van der Waals surface area (Å²) in [5.41, 5.74) is 1.39. The average Bonchev–Trinajstić information content (AvgIpc) is 2.88. The van der Waals surface area contributed by atoms with Gasteiger partial charge in [-0.3, -0.25) is 0 Å². The number of fused-ring (bicyclic) bond motifs is 1. The van der Waals surface area contributed by atoms with Crippen LogP contribution >= 0.6 is 0 Å². The molecule has 0 aliphatic carbocycles. The Morgan fingerprint density at radius 2 is 2.30 bits per heavy atom. The molecule has 0 atom stereocenters. The summed E-state index contributed by atoms with van der Waals surface area (Å²) < 4.78 is 19.8. The highest BCUT2D eigenvalue weighted by Crippen LogP contribution is 2.15. The van der Waals surface area contributed by atoms with Crippen molar-refractivity contribution >= 4 is 5.65 Å². The third-order valence-electron chi connectivity index (χ3n) is 3.14. The molecule has 2 heterocycles. The number of rotatable bonds is 7. The van der Waals surface area contributed by atoms with Gasteiger partial charge in [0.2, 0.25) is 0 Å². The standard InChI is InChI=1S/C15H20FN3O/c1-3-5-6-14-17-15-9-13(7-8-19(15)18-14)20-11-12(4-2)10-16/h7-10H,3-6,11H2,1-2H3/b12-10+. The molecule has 0 N–H and O–H groups in total. The molecule has 2 rings (SSSR count). The van der Waals surface area contributed by atoms with Gasteiger partial charge < -0.3 is 4.74 Å². The number of pyridine rings is 1. The van der Waals surface area contributed by atoms with Gasteiger partial charge in [0.15, 0.2) is 11.5 Å². The maximum atomic E-state index is 12.5. The molecule has 2 aromatic rings. The summed E-state index contributed by atoms with van der Waals surface area (Å²) in [7, 11) is 0. The Morgan fingerprint density at radius 3 is 3.00 bits per heavy atom. The lowest BCUT2D eigenvalue weighted by molar-refractivity contribution is 0.345. The van der Waals surface area contributed by atoms with Gasteiger partial charge in [-0.05, 0) is 24.5 Å². The maximum Gasteiger partial charge on any atom is 0.159 e. The van der Waals surface area contributed by atoms with Crippen LogP contribution in [0.25, 0.3) is 5.65 Å². The van der Waals surface area contributed by atoms with E-state index in [2.05, 4.69) is 17.0 Å². The summed E-state index contributed by atoms with van der Waals surface area (Å²) >= 11 is 0. The minimum Gasteiger partial charge on any atom is -0.489 e. The molecule has 2 aromatic heterocycles.